The Balaban J connectivity index is 2.07. The molecule has 0 saturated carbocycles. The number of carbonyl (C=O) groups is 2. The fourth-order valence-corrected chi connectivity index (χ4v) is 2.67. The third-order valence-electron chi connectivity index (χ3n) is 3.58. The number of hydrogen-bond acceptors (Lipinski definition) is 4. The fraction of sp³-hybridized carbons (Fsp3) is 0.267. The number of para-hydroxylation sites is 1. The van der Waals surface area contributed by atoms with Gasteiger partial charge in [0.1, 0.15) is 6.04 Å². The minimum Gasteiger partial charge on any atom is -0.480 e. The Morgan fingerprint density at radius 3 is 2.67 bits per heavy atom. The van der Waals surface area contributed by atoms with Gasteiger partial charge in [-0.1, -0.05) is 18.2 Å². The smallest absolute Gasteiger partial charge is 0.327 e. The lowest BCUT2D eigenvalue weighted by molar-refractivity contribution is -0.138. The van der Waals surface area contributed by atoms with Crippen molar-refractivity contribution in [1.82, 2.24) is 4.98 Å². The van der Waals surface area contributed by atoms with Crippen molar-refractivity contribution in [2.24, 2.45) is 0 Å². The number of nitrogens with zero attached hydrogens (tertiary/aromatic N) is 2. The molecule has 1 N–H and O–H groups in total. The van der Waals surface area contributed by atoms with Crippen LogP contribution in [0.15, 0.2) is 28.7 Å². The van der Waals surface area contributed by atoms with E-state index < -0.39 is 17.9 Å². The van der Waals surface area contributed by atoms with Crippen molar-refractivity contribution >= 4 is 17.6 Å². The first-order valence-corrected chi connectivity index (χ1v) is 6.57. The number of carbonyl (C=O) groups excluding carboxylic acids is 1. The van der Waals surface area contributed by atoms with Crippen molar-refractivity contribution in [3.8, 4) is 0 Å². The number of hydrogen-bond donors (Lipinski definition) is 1. The van der Waals surface area contributed by atoms with Gasteiger partial charge in [0.05, 0.1) is 5.69 Å². The number of carboxylic acid groups (broad SMARTS) is 1. The van der Waals surface area contributed by atoms with Crippen molar-refractivity contribution in [2.75, 3.05) is 4.90 Å². The molecule has 0 saturated heterocycles. The number of anilines is 1. The lowest BCUT2D eigenvalue weighted by Crippen LogP contribution is -2.43. The summed E-state index contributed by atoms with van der Waals surface area (Å²) >= 11 is 0. The van der Waals surface area contributed by atoms with Gasteiger partial charge in [0.25, 0.3) is 5.91 Å². The van der Waals surface area contributed by atoms with Crippen LogP contribution in [0, 0.1) is 13.8 Å². The van der Waals surface area contributed by atoms with Gasteiger partial charge in [0.2, 0.25) is 5.76 Å². The summed E-state index contributed by atoms with van der Waals surface area (Å²) in [7, 11) is 0. The van der Waals surface area contributed by atoms with Crippen LogP contribution < -0.4 is 4.90 Å². The molecule has 0 spiro atoms. The zero-order chi connectivity index (χ0) is 15.1. The van der Waals surface area contributed by atoms with E-state index in [9.17, 15) is 14.7 Å². The summed E-state index contributed by atoms with van der Waals surface area (Å²) in [4.78, 5) is 29.5. The third kappa shape index (κ3) is 2.08. The van der Waals surface area contributed by atoms with Gasteiger partial charge in [-0.2, -0.15) is 0 Å². The highest BCUT2D eigenvalue weighted by molar-refractivity contribution is 6.09. The van der Waals surface area contributed by atoms with Gasteiger partial charge in [0.15, 0.2) is 5.89 Å². The van der Waals surface area contributed by atoms with Gasteiger partial charge in [-0.05, 0) is 18.6 Å². The van der Waals surface area contributed by atoms with E-state index in [1.54, 1.807) is 26.0 Å². The second kappa shape index (κ2) is 4.73. The molecule has 6 heteroatoms. The van der Waals surface area contributed by atoms with Crippen LogP contribution in [-0.2, 0) is 11.2 Å². The normalized spacial score (nSPS) is 16.9. The Hall–Kier alpha value is -2.63. The maximum absolute atomic E-state index is 12.7. The van der Waals surface area contributed by atoms with E-state index >= 15 is 0 Å². The SMILES string of the molecule is Cc1nc(C)c(C(=O)N2c3ccccc3CC2C(=O)O)o1. The number of benzene rings is 1. The molecule has 1 aromatic heterocycles. The minimum absolute atomic E-state index is 0.0930. The molecule has 1 aliphatic heterocycles. The number of aromatic nitrogens is 1. The van der Waals surface area contributed by atoms with Crippen LogP contribution in [0.5, 0.6) is 0 Å². The molecule has 108 valence electrons. The maximum atomic E-state index is 12.7. The molecule has 3 rings (SSSR count). The van der Waals surface area contributed by atoms with Gasteiger partial charge in [-0.15, -0.1) is 0 Å². The predicted octanol–water partition coefficient (Wildman–Crippen LogP) is 1.95. The number of aryl methyl sites for hydroxylation is 2. The Morgan fingerprint density at radius 1 is 1.33 bits per heavy atom. The zero-order valence-electron chi connectivity index (χ0n) is 11.7. The summed E-state index contributed by atoms with van der Waals surface area (Å²) in [6.45, 7) is 3.32. The fourth-order valence-electron chi connectivity index (χ4n) is 2.67. The maximum Gasteiger partial charge on any atom is 0.327 e. The summed E-state index contributed by atoms with van der Waals surface area (Å²) in [5.41, 5.74) is 1.92. The van der Waals surface area contributed by atoms with Crippen molar-refractivity contribution in [2.45, 2.75) is 26.3 Å². The zero-order valence-corrected chi connectivity index (χ0v) is 11.7. The average molecular weight is 286 g/mol. The molecule has 0 radical (unpaired) electrons. The van der Waals surface area contributed by atoms with Crippen LogP contribution in [-0.4, -0.2) is 28.0 Å². The number of aliphatic carboxylic acids is 1. The number of rotatable bonds is 2. The first-order chi connectivity index (χ1) is 9.99. The minimum atomic E-state index is -1.03. The van der Waals surface area contributed by atoms with Gasteiger partial charge in [-0.25, -0.2) is 9.78 Å². The Labute approximate surface area is 121 Å². The first-order valence-electron chi connectivity index (χ1n) is 6.57. The molecule has 1 unspecified atom stereocenters. The molecule has 2 aromatic rings. The molecule has 1 amide bonds. The van der Waals surface area contributed by atoms with E-state index in [2.05, 4.69) is 4.98 Å². The Kier molecular flexibility index (Phi) is 3.01. The summed E-state index contributed by atoms with van der Waals surface area (Å²) in [5.74, 6) is -1.02. The van der Waals surface area contributed by atoms with E-state index in [-0.39, 0.29) is 5.76 Å². The van der Waals surface area contributed by atoms with E-state index in [4.69, 9.17) is 4.42 Å². The Bertz CT molecular complexity index is 735. The van der Waals surface area contributed by atoms with E-state index in [0.29, 0.717) is 23.7 Å². The average Bonchev–Trinajstić information content (AvgIpc) is 2.98. The predicted molar refractivity (Wildman–Crippen MR) is 74.4 cm³/mol. The molecule has 0 aliphatic carbocycles. The molecule has 0 bridgehead atoms. The molecule has 21 heavy (non-hydrogen) atoms. The molecule has 1 aromatic carbocycles. The molecule has 0 fully saturated rings. The van der Waals surface area contributed by atoms with Crippen LogP contribution in [0.25, 0.3) is 0 Å². The van der Waals surface area contributed by atoms with Crippen molar-refractivity contribution in [3.05, 3.63) is 47.2 Å². The second-order valence-electron chi connectivity index (χ2n) is 5.01. The molecule has 1 atom stereocenters. The van der Waals surface area contributed by atoms with Gasteiger partial charge in [0, 0.05) is 19.0 Å². The molecule has 1 aliphatic rings. The van der Waals surface area contributed by atoms with Crippen molar-refractivity contribution in [1.29, 1.82) is 0 Å². The lowest BCUT2D eigenvalue weighted by Gasteiger charge is -2.21. The number of amides is 1. The van der Waals surface area contributed by atoms with Crippen LogP contribution in [0.4, 0.5) is 5.69 Å². The monoisotopic (exact) mass is 286 g/mol. The van der Waals surface area contributed by atoms with Crippen LogP contribution >= 0.6 is 0 Å². The Morgan fingerprint density at radius 2 is 2.05 bits per heavy atom. The number of carboxylic acids is 1. The molecular weight excluding hydrogens is 272 g/mol. The summed E-state index contributed by atoms with van der Waals surface area (Å²) in [6, 6.07) is 6.27. The largest absolute Gasteiger partial charge is 0.480 e. The number of fused-ring (bicyclic) bond motifs is 1. The summed E-state index contributed by atoms with van der Waals surface area (Å²) in [5, 5.41) is 9.39. The third-order valence-corrected chi connectivity index (χ3v) is 3.58. The van der Waals surface area contributed by atoms with Gasteiger partial charge < -0.3 is 9.52 Å². The highest BCUT2D eigenvalue weighted by atomic mass is 16.4. The van der Waals surface area contributed by atoms with Crippen LogP contribution in [0.1, 0.15) is 27.7 Å². The van der Waals surface area contributed by atoms with E-state index in [0.717, 1.165) is 5.56 Å². The van der Waals surface area contributed by atoms with E-state index in [1.165, 1.54) is 4.90 Å². The highest BCUT2D eigenvalue weighted by Gasteiger charge is 2.40. The van der Waals surface area contributed by atoms with E-state index in [1.807, 2.05) is 12.1 Å². The van der Waals surface area contributed by atoms with Gasteiger partial charge in [-0.3, -0.25) is 9.69 Å². The quantitative estimate of drug-likeness (QED) is 0.912. The standard InChI is InChI=1S/C15H14N2O4/c1-8-13(21-9(2)16-8)14(18)17-11-6-4-3-5-10(11)7-12(17)15(19)20/h3-6,12H,7H2,1-2H3,(H,19,20). The molecule has 2 heterocycles. The molecule has 6 nitrogen and oxygen atoms in total. The van der Waals surface area contributed by atoms with Gasteiger partial charge >= 0.3 is 5.97 Å². The van der Waals surface area contributed by atoms with Crippen molar-refractivity contribution in [3.63, 3.8) is 0 Å². The van der Waals surface area contributed by atoms with Crippen LogP contribution in [0.3, 0.4) is 0 Å². The summed E-state index contributed by atoms with van der Waals surface area (Å²) < 4.78 is 5.34. The highest BCUT2D eigenvalue weighted by Crippen LogP contribution is 2.33. The first kappa shape index (κ1) is 13.4. The topological polar surface area (TPSA) is 83.6 Å². The second-order valence-corrected chi connectivity index (χ2v) is 5.01. The van der Waals surface area contributed by atoms with Crippen LogP contribution in [0.2, 0.25) is 0 Å². The number of oxazole rings is 1. The molecular formula is C15H14N2O4. The van der Waals surface area contributed by atoms with Crippen molar-refractivity contribution < 1.29 is 19.1 Å². The summed E-state index contributed by atoms with van der Waals surface area (Å²) in [6.07, 6.45) is 0.295. The lowest BCUT2D eigenvalue weighted by atomic mass is 10.1.